The van der Waals surface area contributed by atoms with Gasteiger partial charge in [0.25, 0.3) is 0 Å². The molecule has 0 saturated carbocycles. The van der Waals surface area contributed by atoms with Gasteiger partial charge in [0.15, 0.2) is 0 Å². The fourth-order valence-electron chi connectivity index (χ4n) is 3.22. The number of nitrogens with zero attached hydrogens (tertiary/aromatic N) is 1. The van der Waals surface area contributed by atoms with Crippen LogP contribution in [0.5, 0.6) is 0 Å². The molecule has 1 fully saturated rings. The summed E-state index contributed by atoms with van der Waals surface area (Å²) in [7, 11) is 0. The third-order valence-corrected chi connectivity index (χ3v) is 4.58. The van der Waals surface area contributed by atoms with E-state index in [1.54, 1.807) is 0 Å². The summed E-state index contributed by atoms with van der Waals surface area (Å²) in [5, 5.41) is 0. The summed E-state index contributed by atoms with van der Waals surface area (Å²) in [6.45, 7) is 11.6. The van der Waals surface area contributed by atoms with Gasteiger partial charge in [0.2, 0.25) is 0 Å². The Morgan fingerprint density at radius 2 is 1.70 bits per heavy atom. The lowest BCUT2D eigenvalue weighted by molar-refractivity contribution is 0.199. The fraction of sp³-hybridized carbons (Fsp3) is 0.667. The molecule has 0 amide bonds. The molecule has 1 atom stereocenters. The standard InChI is InChI=1S/C18H30N2/c1-14(19)13-15-5-7-17(8-6-15)20-11-9-16(10-12-20)18(2,3)4/h5-8,14,16H,9-13,19H2,1-4H3. The van der Waals surface area contributed by atoms with Crippen molar-refractivity contribution in [1.29, 1.82) is 0 Å². The second-order valence-electron chi connectivity index (χ2n) is 7.48. The van der Waals surface area contributed by atoms with Crippen LogP contribution in [0.25, 0.3) is 0 Å². The molecule has 0 bridgehead atoms. The Morgan fingerprint density at radius 1 is 1.15 bits per heavy atom. The summed E-state index contributed by atoms with van der Waals surface area (Å²) < 4.78 is 0. The van der Waals surface area contributed by atoms with Gasteiger partial charge in [0, 0.05) is 24.8 Å². The van der Waals surface area contributed by atoms with E-state index < -0.39 is 0 Å². The third-order valence-electron chi connectivity index (χ3n) is 4.58. The van der Waals surface area contributed by atoms with Gasteiger partial charge in [-0.1, -0.05) is 32.9 Å². The van der Waals surface area contributed by atoms with Crippen molar-refractivity contribution in [2.45, 2.75) is 53.0 Å². The summed E-state index contributed by atoms with van der Waals surface area (Å²) in [5.41, 5.74) is 9.01. The van der Waals surface area contributed by atoms with Crippen LogP contribution in [-0.4, -0.2) is 19.1 Å². The van der Waals surface area contributed by atoms with Gasteiger partial charge in [0.1, 0.15) is 0 Å². The van der Waals surface area contributed by atoms with Crippen molar-refractivity contribution in [2.24, 2.45) is 17.1 Å². The second kappa shape index (κ2) is 6.17. The molecule has 2 nitrogen and oxygen atoms in total. The first-order valence-corrected chi connectivity index (χ1v) is 7.96. The average Bonchev–Trinajstić information content (AvgIpc) is 2.38. The highest BCUT2D eigenvalue weighted by Crippen LogP contribution is 2.35. The van der Waals surface area contributed by atoms with Gasteiger partial charge >= 0.3 is 0 Å². The molecule has 2 heteroatoms. The van der Waals surface area contributed by atoms with Crippen LogP contribution in [0.2, 0.25) is 0 Å². The van der Waals surface area contributed by atoms with Crippen LogP contribution in [0.1, 0.15) is 46.1 Å². The van der Waals surface area contributed by atoms with E-state index in [2.05, 4.69) is 56.9 Å². The molecule has 2 rings (SSSR count). The molecule has 1 aromatic rings. The van der Waals surface area contributed by atoms with E-state index in [0.29, 0.717) is 5.41 Å². The van der Waals surface area contributed by atoms with Crippen LogP contribution < -0.4 is 10.6 Å². The number of rotatable bonds is 3. The number of nitrogens with two attached hydrogens (primary N) is 1. The Bertz CT molecular complexity index is 406. The Morgan fingerprint density at radius 3 is 2.15 bits per heavy atom. The Kier molecular flexibility index (Phi) is 4.74. The zero-order chi connectivity index (χ0) is 14.8. The molecule has 1 aliphatic rings. The van der Waals surface area contributed by atoms with E-state index in [9.17, 15) is 0 Å². The molecule has 1 aliphatic heterocycles. The first kappa shape index (κ1) is 15.4. The second-order valence-corrected chi connectivity index (χ2v) is 7.48. The van der Waals surface area contributed by atoms with Crippen molar-refractivity contribution in [3.05, 3.63) is 29.8 Å². The highest BCUT2D eigenvalue weighted by Gasteiger charge is 2.28. The molecule has 1 heterocycles. The van der Waals surface area contributed by atoms with E-state index in [1.807, 2.05) is 0 Å². The van der Waals surface area contributed by atoms with Crippen molar-refractivity contribution >= 4 is 5.69 Å². The van der Waals surface area contributed by atoms with Gasteiger partial charge in [-0.15, -0.1) is 0 Å². The van der Waals surface area contributed by atoms with E-state index >= 15 is 0 Å². The van der Waals surface area contributed by atoms with Gasteiger partial charge in [-0.2, -0.15) is 0 Å². The highest BCUT2D eigenvalue weighted by atomic mass is 15.1. The maximum atomic E-state index is 5.85. The van der Waals surface area contributed by atoms with Gasteiger partial charge in [-0.25, -0.2) is 0 Å². The molecule has 1 saturated heterocycles. The third kappa shape index (κ3) is 3.99. The smallest absolute Gasteiger partial charge is 0.0366 e. The van der Waals surface area contributed by atoms with Crippen LogP contribution in [0.4, 0.5) is 5.69 Å². The summed E-state index contributed by atoms with van der Waals surface area (Å²) in [6.07, 6.45) is 3.59. The fourth-order valence-corrected chi connectivity index (χ4v) is 3.22. The summed E-state index contributed by atoms with van der Waals surface area (Å²) >= 11 is 0. The quantitative estimate of drug-likeness (QED) is 0.907. The zero-order valence-corrected chi connectivity index (χ0v) is 13.5. The monoisotopic (exact) mass is 274 g/mol. The number of anilines is 1. The zero-order valence-electron chi connectivity index (χ0n) is 13.5. The SMILES string of the molecule is CC(N)Cc1ccc(N2CCC(C(C)(C)C)CC2)cc1. The van der Waals surface area contributed by atoms with Crippen LogP contribution in [0, 0.1) is 11.3 Å². The predicted octanol–water partition coefficient (Wildman–Crippen LogP) is 3.84. The lowest BCUT2D eigenvalue weighted by atomic mass is 9.75. The Labute approximate surface area is 124 Å². The number of piperidine rings is 1. The number of benzene rings is 1. The molecule has 1 unspecified atom stereocenters. The van der Waals surface area contributed by atoms with Crippen molar-refractivity contribution in [1.82, 2.24) is 0 Å². The van der Waals surface area contributed by atoms with Crippen LogP contribution in [0.3, 0.4) is 0 Å². The molecule has 0 radical (unpaired) electrons. The summed E-state index contributed by atoms with van der Waals surface area (Å²) in [4.78, 5) is 2.53. The van der Waals surface area contributed by atoms with Gasteiger partial charge < -0.3 is 10.6 Å². The van der Waals surface area contributed by atoms with Crippen molar-refractivity contribution in [3.8, 4) is 0 Å². The van der Waals surface area contributed by atoms with Crippen molar-refractivity contribution < 1.29 is 0 Å². The minimum Gasteiger partial charge on any atom is -0.372 e. The van der Waals surface area contributed by atoms with E-state index in [-0.39, 0.29) is 6.04 Å². The van der Waals surface area contributed by atoms with Crippen molar-refractivity contribution in [3.63, 3.8) is 0 Å². The van der Waals surface area contributed by atoms with E-state index in [0.717, 1.165) is 12.3 Å². The topological polar surface area (TPSA) is 29.3 Å². The minimum absolute atomic E-state index is 0.239. The van der Waals surface area contributed by atoms with Crippen LogP contribution >= 0.6 is 0 Å². The predicted molar refractivity (Wildman–Crippen MR) is 88.2 cm³/mol. The number of hydrogen-bond acceptors (Lipinski definition) is 2. The molecule has 112 valence electrons. The molecule has 20 heavy (non-hydrogen) atoms. The normalized spacial score (nSPS) is 19.1. The highest BCUT2D eigenvalue weighted by molar-refractivity contribution is 5.48. The molecule has 1 aromatic carbocycles. The molecular formula is C18H30N2. The van der Waals surface area contributed by atoms with Crippen LogP contribution in [-0.2, 0) is 6.42 Å². The molecule has 0 spiro atoms. The lowest BCUT2D eigenvalue weighted by Gasteiger charge is -2.39. The number of hydrogen-bond donors (Lipinski definition) is 1. The van der Waals surface area contributed by atoms with Gasteiger partial charge in [-0.3, -0.25) is 0 Å². The first-order chi connectivity index (χ1) is 9.36. The maximum Gasteiger partial charge on any atom is 0.0366 e. The van der Waals surface area contributed by atoms with Crippen LogP contribution in [0.15, 0.2) is 24.3 Å². The van der Waals surface area contributed by atoms with Gasteiger partial charge in [-0.05, 0) is 55.2 Å². The molecule has 0 aromatic heterocycles. The molecule has 2 N–H and O–H groups in total. The first-order valence-electron chi connectivity index (χ1n) is 7.96. The lowest BCUT2D eigenvalue weighted by Crippen LogP contribution is -2.38. The Hall–Kier alpha value is -1.02. The molecular weight excluding hydrogens is 244 g/mol. The Balaban J connectivity index is 1.94. The van der Waals surface area contributed by atoms with E-state index in [4.69, 9.17) is 5.73 Å². The summed E-state index contributed by atoms with van der Waals surface area (Å²) in [6, 6.07) is 9.22. The summed E-state index contributed by atoms with van der Waals surface area (Å²) in [5.74, 6) is 0.858. The van der Waals surface area contributed by atoms with E-state index in [1.165, 1.54) is 37.2 Å². The maximum absolute atomic E-state index is 5.85. The molecule has 0 aliphatic carbocycles. The average molecular weight is 274 g/mol. The largest absolute Gasteiger partial charge is 0.372 e. The minimum atomic E-state index is 0.239. The van der Waals surface area contributed by atoms with Gasteiger partial charge in [0.05, 0.1) is 0 Å². The van der Waals surface area contributed by atoms with Crippen molar-refractivity contribution in [2.75, 3.05) is 18.0 Å².